The van der Waals surface area contributed by atoms with Crippen LogP contribution >= 0.6 is 0 Å². The van der Waals surface area contributed by atoms with Gasteiger partial charge >= 0.3 is 0 Å². The van der Waals surface area contributed by atoms with Crippen LogP contribution in [-0.4, -0.2) is 12.5 Å². The van der Waals surface area contributed by atoms with E-state index in [0.29, 0.717) is 0 Å². The Hall–Kier alpha value is -0.530. The molecule has 0 radical (unpaired) electrons. The maximum Gasteiger partial charge on any atom is 0.216 e. The lowest BCUT2D eigenvalue weighted by Gasteiger charge is -1.98. The zero-order valence-electron chi connectivity index (χ0n) is 8.24. The van der Waals surface area contributed by atoms with Crippen molar-refractivity contribution in [1.29, 1.82) is 0 Å². The van der Waals surface area contributed by atoms with Crippen molar-refractivity contribution in [1.82, 2.24) is 5.32 Å². The summed E-state index contributed by atoms with van der Waals surface area (Å²) in [5, 5.41) is 2.74. The first-order valence-electron chi connectivity index (χ1n) is 4.51. The first-order valence-corrected chi connectivity index (χ1v) is 4.51. The minimum absolute atomic E-state index is 0.0751. The molecule has 0 aliphatic carbocycles. The van der Waals surface area contributed by atoms with E-state index in [9.17, 15) is 4.79 Å². The third-order valence-electron chi connectivity index (χ3n) is 1.15. The number of hydrogen-bond donors (Lipinski definition) is 1. The Kier molecular flexibility index (Phi) is 14.5. The van der Waals surface area contributed by atoms with Gasteiger partial charge in [0.25, 0.3) is 0 Å². The number of unbranched alkanes of at least 4 members (excludes halogenated alkanes) is 2. The van der Waals surface area contributed by atoms with Gasteiger partial charge in [-0.3, -0.25) is 4.79 Å². The van der Waals surface area contributed by atoms with E-state index in [0.717, 1.165) is 13.0 Å². The quantitative estimate of drug-likeness (QED) is 0.627. The first-order chi connectivity index (χ1) is 5.27. The fraction of sp³-hybridized carbons (Fsp3) is 0.889. The summed E-state index contributed by atoms with van der Waals surface area (Å²) in [6.07, 6.45) is 3.52. The fourth-order valence-electron chi connectivity index (χ4n) is 0.639. The van der Waals surface area contributed by atoms with E-state index in [1.807, 2.05) is 13.8 Å². The van der Waals surface area contributed by atoms with Crippen LogP contribution in [0.4, 0.5) is 0 Å². The zero-order chi connectivity index (χ0) is 9.11. The Labute approximate surface area is 70.4 Å². The SMILES string of the molecule is CC.CCCCCNC(C)=O. The normalized spacial score (nSPS) is 8.00. The largest absolute Gasteiger partial charge is 0.356 e. The Balaban J connectivity index is 0. The van der Waals surface area contributed by atoms with Crippen LogP contribution in [0.15, 0.2) is 0 Å². The molecule has 68 valence electrons. The third-order valence-corrected chi connectivity index (χ3v) is 1.15. The van der Waals surface area contributed by atoms with Crippen LogP contribution < -0.4 is 5.32 Å². The van der Waals surface area contributed by atoms with Crippen LogP contribution in [-0.2, 0) is 4.79 Å². The molecule has 0 bridgehead atoms. The smallest absolute Gasteiger partial charge is 0.216 e. The highest BCUT2D eigenvalue weighted by atomic mass is 16.1. The molecule has 0 aromatic carbocycles. The third kappa shape index (κ3) is 17.7. The van der Waals surface area contributed by atoms with Gasteiger partial charge < -0.3 is 5.32 Å². The summed E-state index contributed by atoms with van der Waals surface area (Å²) in [5.41, 5.74) is 0. The monoisotopic (exact) mass is 159 g/mol. The number of carbonyl (C=O) groups is 1. The van der Waals surface area contributed by atoms with Gasteiger partial charge in [-0.05, 0) is 6.42 Å². The highest BCUT2D eigenvalue weighted by molar-refractivity contribution is 5.72. The summed E-state index contributed by atoms with van der Waals surface area (Å²) in [6.45, 7) is 8.53. The maximum absolute atomic E-state index is 10.3. The van der Waals surface area contributed by atoms with E-state index in [-0.39, 0.29) is 5.91 Å². The van der Waals surface area contributed by atoms with Crippen LogP contribution in [0.5, 0.6) is 0 Å². The Morgan fingerprint density at radius 3 is 2.18 bits per heavy atom. The standard InChI is InChI=1S/C7H15NO.C2H6/c1-3-4-5-6-8-7(2)9;1-2/h3-6H2,1-2H3,(H,8,9);1-2H3. The van der Waals surface area contributed by atoms with E-state index >= 15 is 0 Å². The fourth-order valence-corrected chi connectivity index (χ4v) is 0.639. The molecule has 0 saturated carbocycles. The molecule has 2 heteroatoms. The second-order valence-electron chi connectivity index (χ2n) is 2.19. The van der Waals surface area contributed by atoms with Crippen molar-refractivity contribution in [2.75, 3.05) is 6.54 Å². The molecular formula is C9H21NO. The Morgan fingerprint density at radius 1 is 1.27 bits per heavy atom. The minimum Gasteiger partial charge on any atom is -0.356 e. The van der Waals surface area contributed by atoms with Crippen molar-refractivity contribution < 1.29 is 4.79 Å². The minimum atomic E-state index is 0.0751. The Morgan fingerprint density at radius 2 is 1.82 bits per heavy atom. The van der Waals surface area contributed by atoms with E-state index in [4.69, 9.17) is 0 Å². The number of amides is 1. The molecule has 0 unspecified atom stereocenters. The Bertz CT molecular complexity index is 81.6. The van der Waals surface area contributed by atoms with Crippen molar-refractivity contribution >= 4 is 5.91 Å². The van der Waals surface area contributed by atoms with Gasteiger partial charge in [0.05, 0.1) is 0 Å². The summed E-state index contributed by atoms with van der Waals surface area (Å²) in [5.74, 6) is 0.0751. The molecule has 2 nitrogen and oxygen atoms in total. The van der Waals surface area contributed by atoms with Gasteiger partial charge in [-0.1, -0.05) is 33.6 Å². The van der Waals surface area contributed by atoms with Gasteiger partial charge in [-0.15, -0.1) is 0 Å². The van der Waals surface area contributed by atoms with Crippen molar-refractivity contribution in [3.05, 3.63) is 0 Å². The van der Waals surface area contributed by atoms with Gasteiger partial charge in [0.2, 0.25) is 5.91 Å². The lowest BCUT2D eigenvalue weighted by molar-refractivity contribution is -0.118. The molecule has 0 rings (SSSR count). The lowest BCUT2D eigenvalue weighted by Crippen LogP contribution is -2.20. The van der Waals surface area contributed by atoms with E-state index in [1.165, 1.54) is 12.8 Å². The topological polar surface area (TPSA) is 29.1 Å². The molecule has 0 aromatic heterocycles. The predicted molar refractivity (Wildman–Crippen MR) is 49.6 cm³/mol. The van der Waals surface area contributed by atoms with Crippen molar-refractivity contribution in [3.8, 4) is 0 Å². The van der Waals surface area contributed by atoms with Gasteiger partial charge in [0.15, 0.2) is 0 Å². The summed E-state index contributed by atoms with van der Waals surface area (Å²) in [7, 11) is 0. The second-order valence-corrected chi connectivity index (χ2v) is 2.19. The molecule has 0 aliphatic rings. The number of rotatable bonds is 4. The average molecular weight is 159 g/mol. The summed E-state index contributed by atoms with van der Waals surface area (Å²) >= 11 is 0. The zero-order valence-corrected chi connectivity index (χ0v) is 8.24. The van der Waals surface area contributed by atoms with E-state index in [1.54, 1.807) is 6.92 Å². The van der Waals surface area contributed by atoms with Crippen molar-refractivity contribution in [3.63, 3.8) is 0 Å². The van der Waals surface area contributed by atoms with Crippen LogP contribution in [0.3, 0.4) is 0 Å². The van der Waals surface area contributed by atoms with E-state index < -0.39 is 0 Å². The molecule has 0 saturated heterocycles. The van der Waals surface area contributed by atoms with Crippen LogP contribution in [0.2, 0.25) is 0 Å². The molecule has 0 heterocycles. The van der Waals surface area contributed by atoms with Crippen LogP contribution in [0.25, 0.3) is 0 Å². The molecule has 0 aliphatic heterocycles. The molecular weight excluding hydrogens is 138 g/mol. The highest BCUT2D eigenvalue weighted by Gasteiger charge is 1.87. The molecule has 1 N–H and O–H groups in total. The highest BCUT2D eigenvalue weighted by Crippen LogP contribution is 1.90. The molecule has 0 atom stereocenters. The number of hydrogen-bond acceptors (Lipinski definition) is 1. The van der Waals surface area contributed by atoms with Crippen LogP contribution in [0, 0.1) is 0 Å². The summed E-state index contributed by atoms with van der Waals surface area (Å²) in [6, 6.07) is 0. The van der Waals surface area contributed by atoms with Crippen molar-refractivity contribution in [2.45, 2.75) is 47.0 Å². The van der Waals surface area contributed by atoms with Gasteiger partial charge in [0.1, 0.15) is 0 Å². The van der Waals surface area contributed by atoms with Crippen molar-refractivity contribution in [2.24, 2.45) is 0 Å². The van der Waals surface area contributed by atoms with Gasteiger partial charge in [-0.25, -0.2) is 0 Å². The number of nitrogens with one attached hydrogen (secondary N) is 1. The molecule has 0 spiro atoms. The summed E-state index contributed by atoms with van der Waals surface area (Å²) < 4.78 is 0. The lowest BCUT2D eigenvalue weighted by atomic mass is 10.2. The summed E-state index contributed by atoms with van der Waals surface area (Å²) in [4.78, 5) is 10.3. The van der Waals surface area contributed by atoms with Crippen LogP contribution in [0.1, 0.15) is 47.0 Å². The second kappa shape index (κ2) is 12.2. The van der Waals surface area contributed by atoms with Gasteiger partial charge in [-0.2, -0.15) is 0 Å². The van der Waals surface area contributed by atoms with E-state index in [2.05, 4.69) is 12.2 Å². The number of carbonyl (C=O) groups excluding carboxylic acids is 1. The molecule has 0 fully saturated rings. The van der Waals surface area contributed by atoms with Gasteiger partial charge in [0, 0.05) is 13.5 Å². The predicted octanol–water partition coefficient (Wildman–Crippen LogP) is 2.34. The molecule has 1 amide bonds. The molecule has 0 aromatic rings. The first kappa shape index (κ1) is 13.1. The average Bonchev–Trinajstić information content (AvgIpc) is 2.02. The maximum atomic E-state index is 10.3. The molecule has 11 heavy (non-hydrogen) atoms.